The highest BCUT2D eigenvalue weighted by atomic mass is 31.2. The van der Waals surface area contributed by atoms with E-state index in [1.54, 1.807) is 0 Å². The van der Waals surface area contributed by atoms with Crippen molar-refractivity contribution in [3.05, 3.63) is 72.9 Å². The highest BCUT2D eigenvalue weighted by Gasteiger charge is 2.28. The number of ether oxygens (including phenoxy) is 1. The number of hydrogen-bond donors (Lipinski definition) is 4. The zero-order valence-electron chi connectivity index (χ0n) is 40.8. The Hall–Kier alpha value is -3.08. The standard InChI is InChI=1S/C53H92NO10P/c1-3-5-7-9-11-13-15-17-19-21-23-25-26-28-30-32-34-36-38-40-42-44-51(56)54-50(53(58)59)48-64-65(60,61)63-47-49(55)46-62-52(57)45-43-41-39-37-35-33-31-29-27-24-22-20-18-16-14-12-10-8-6-4-2/h5,7,11,13,17,19,23,25,28,30,34,36,49-50,55H,3-4,6,8-10,12,14-16,18,20-22,24,26-27,29,31-33,35,37-48H2,1-2H3,(H,54,56)(H,58,59)(H,60,61)/b7-5-,13-11-,19-17-,25-23-,30-28-,36-34-. The Morgan fingerprint density at radius 1 is 0.508 bits per heavy atom. The Bertz CT molecular complexity index is 1370. The largest absolute Gasteiger partial charge is 0.480 e. The van der Waals surface area contributed by atoms with Crippen molar-refractivity contribution < 1.29 is 47.8 Å². The molecule has 0 aliphatic rings. The molecule has 12 heteroatoms. The van der Waals surface area contributed by atoms with E-state index in [-0.39, 0.29) is 12.8 Å². The summed E-state index contributed by atoms with van der Waals surface area (Å²) >= 11 is 0. The Morgan fingerprint density at radius 3 is 1.32 bits per heavy atom. The summed E-state index contributed by atoms with van der Waals surface area (Å²) in [6, 6.07) is -1.57. The molecule has 3 unspecified atom stereocenters. The van der Waals surface area contributed by atoms with E-state index >= 15 is 0 Å². The van der Waals surface area contributed by atoms with E-state index in [1.165, 1.54) is 103 Å². The van der Waals surface area contributed by atoms with Gasteiger partial charge in [-0.3, -0.25) is 18.6 Å². The molecule has 0 aromatic carbocycles. The van der Waals surface area contributed by atoms with Crippen LogP contribution in [0, 0.1) is 0 Å². The lowest BCUT2D eigenvalue weighted by molar-refractivity contribution is -0.147. The summed E-state index contributed by atoms with van der Waals surface area (Å²) in [5.74, 6) is -2.43. The van der Waals surface area contributed by atoms with Crippen molar-refractivity contribution in [1.29, 1.82) is 0 Å². The van der Waals surface area contributed by atoms with Gasteiger partial charge in [-0.15, -0.1) is 0 Å². The Morgan fingerprint density at radius 2 is 0.892 bits per heavy atom. The number of unbranched alkanes of at least 4 members (excludes halogenated alkanes) is 21. The molecule has 4 N–H and O–H groups in total. The van der Waals surface area contributed by atoms with Crippen molar-refractivity contribution in [1.82, 2.24) is 5.32 Å². The number of carboxylic acid groups (broad SMARTS) is 1. The van der Waals surface area contributed by atoms with Crippen LogP contribution in [0.5, 0.6) is 0 Å². The number of esters is 1. The summed E-state index contributed by atoms with van der Waals surface area (Å²) in [7, 11) is -4.78. The van der Waals surface area contributed by atoms with Crippen molar-refractivity contribution in [2.24, 2.45) is 0 Å². The van der Waals surface area contributed by atoms with Gasteiger partial charge in [0.25, 0.3) is 0 Å². The number of carboxylic acids is 1. The number of nitrogens with one attached hydrogen (secondary N) is 1. The van der Waals surface area contributed by atoms with Crippen molar-refractivity contribution in [2.45, 2.75) is 225 Å². The molecule has 1 amide bonds. The van der Waals surface area contributed by atoms with Crippen LogP contribution in [0.3, 0.4) is 0 Å². The first-order valence-electron chi connectivity index (χ1n) is 25.5. The number of allylic oxidation sites excluding steroid dienone is 12. The van der Waals surface area contributed by atoms with Gasteiger partial charge in [-0.1, -0.05) is 209 Å². The quantitative estimate of drug-likeness (QED) is 0.0199. The van der Waals surface area contributed by atoms with Crippen molar-refractivity contribution in [3.8, 4) is 0 Å². The number of hydrogen-bond acceptors (Lipinski definition) is 8. The fraction of sp³-hybridized carbons (Fsp3) is 0.717. The number of phosphoric ester groups is 1. The summed E-state index contributed by atoms with van der Waals surface area (Å²) in [5.41, 5.74) is 0. The van der Waals surface area contributed by atoms with Gasteiger partial charge >= 0.3 is 19.8 Å². The average Bonchev–Trinajstić information content (AvgIpc) is 3.28. The maximum absolute atomic E-state index is 12.3. The number of aliphatic hydroxyl groups excluding tert-OH is 1. The number of amides is 1. The van der Waals surface area contributed by atoms with Crippen LogP contribution in [0.15, 0.2) is 72.9 Å². The molecule has 0 aromatic heterocycles. The predicted molar refractivity (Wildman–Crippen MR) is 268 cm³/mol. The maximum Gasteiger partial charge on any atom is 0.472 e. The predicted octanol–water partition coefficient (Wildman–Crippen LogP) is 14.1. The number of aliphatic hydroxyl groups is 1. The van der Waals surface area contributed by atoms with Crippen LogP contribution in [0.4, 0.5) is 0 Å². The lowest BCUT2D eigenvalue weighted by Gasteiger charge is -2.18. The van der Waals surface area contributed by atoms with Gasteiger partial charge in [-0.05, 0) is 64.2 Å². The van der Waals surface area contributed by atoms with E-state index in [1.807, 2.05) is 0 Å². The van der Waals surface area contributed by atoms with Crippen LogP contribution in [0.2, 0.25) is 0 Å². The van der Waals surface area contributed by atoms with E-state index in [9.17, 15) is 34.1 Å². The number of aliphatic carboxylic acids is 1. The molecule has 0 aliphatic carbocycles. The minimum atomic E-state index is -4.78. The van der Waals surface area contributed by atoms with Crippen molar-refractivity contribution in [2.75, 3.05) is 19.8 Å². The molecule has 0 heterocycles. The fourth-order valence-electron chi connectivity index (χ4n) is 6.85. The van der Waals surface area contributed by atoms with Gasteiger partial charge in [0.2, 0.25) is 5.91 Å². The molecule has 65 heavy (non-hydrogen) atoms. The topological polar surface area (TPSA) is 169 Å². The Labute approximate surface area is 395 Å². The van der Waals surface area contributed by atoms with Gasteiger partial charge in [-0.2, -0.15) is 0 Å². The minimum absolute atomic E-state index is 0.0875. The summed E-state index contributed by atoms with van der Waals surface area (Å²) in [5, 5.41) is 21.9. The third-order valence-corrected chi connectivity index (χ3v) is 11.7. The fourth-order valence-corrected chi connectivity index (χ4v) is 7.62. The molecule has 0 aromatic rings. The maximum atomic E-state index is 12.3. The summed E-state index contributed by atoms with van der Waals surface area (Å²) in [6.45, 7) is 2.48. The molecule has 3 atom stereocenters. The van der Waals surface area contributed by atoms with Crippen LogP contribution in [0.1, 0.15) is 213 Å². The van der Waals surface area contributed by atoms with Gasteiger partial charge in [0.05, 0.1) is 13.2 Å². The summed E-state index contributed by atoms with van der Waals surface area (Å²) in [6.07, 6.45) is 57.9. The molecule has 0 saturated carbocycles. The minimum Gasteiger partial charge on any atom is -0.480 e. The highest BCUT2D eigenvalue weighted by Crippen LogP contribution is 2.43. The van der Waals surface area contributed by atoms with Crippen LogP contribution in [-0.4, -0.2) is 64.9 Å². The average molecular weight is 934 g/mol. The molecule has 0 spiro atoms. The molecule has 0 saturated heterocycles. The second-order valence-corrected chi connectivity index (χ2v) is 18.4. The van der Waals surface area contributed by atoms with E-state index in [0.717, 1.165) is 70.6 Å². The Balaban J connectivity index is 3.90. The molecule has 11 nitrogen and oxygen atoms in total. The Kier molecular flexibility index (Phi) is 45.2. The molecular formula is C53H92NO10P. The van der Waals surface area contributed by atoms with Crippen molar-refractivity contribution >= 4 is 25.7 Å². The molecular weight excluding hydrogens is 842 g/mol. The third kappa shape index (κ3) is 47.2. The molecule has 374 valence electrons. The van der Waals surface area contributed by atoms with E-state index < -0.39 is 57.6 Å². The van der Waals surface area contributed by atoms with Gasteiger partial charge in [0.1, 0.15) is 12.7 Å². The second kappa shape index (κ2) is 47.4. The molecule has 0 aliphatic heterocycles. The molecule has 0 radical (unpaired) electrons. The smallest absolute Gasteiger partial charge is 0.472 e. The lowest BCUT2D eigenvalue weighted by atomic mass is 10.0. The first-order valence-corrected chi connectivity index (χ1v) is 27.0. The number of rotatable bonds is 47. The van der Waals surface area contributed by atoms with Gasteiger partial charge in [-0.25, -0.2) is 9.36 Å². The monoisotopic (exact) mass is 934 g/mol. The van der Waals surface area contributed by atoms with E-state index in [2.05, 4.69) is 92.1 Å². The first-order chi connectivity index (χ1) is 31.6. The van der Waals surface area contributed by atoms with Crippen LogP contribution in [-0.2, 0) is 32.7 Å². The van der Waals surface area contributed by atoms with Gasteiger partial charge < -0.3 is 25.2 Å². The normalized spacial score (nSPS) is 14.2. The highest BCUT2D eigenvalue weighted by molar-refractivity contribution is 7.47. The number of carbonyl (C=O) groups excluding carboxylic acids is 2. The lowest BCUT2D eigenvalue weighted by Crippen LogP contribution is -2.43. The summed E-state index contributed by atoms with van der Waals surface area (Å²) in [4.78, 5) is 46.1. The van der Waals surface area contributed by atoms with Gasteiger partial charge in [0.15, 0.2) is 6.04 Å². The number of carbonyl (C=O) groups is 3. The zero-order chi connectivity index (χ0) is 47.7. The zero-order valence-corrected chi connectivity index (χ0v) is 41.7. The van der Waals surface area contributed by atoms with Crippen molar-refractivity contribution in [3.63, 3.8) is 0 Å². The SMILES string of the molecule is CC/C=C\C/C=C\C/C=C\C/C=C\C/C=C\C/C=C\CCCCC(=O)NC(COP(=O)(O)OCC(O)COC(=O)CCCCCCCCCCCCCCCCCCCCCC)C(=O)O. The van der Waals surface area contributed by atoms with E-state index in [4.69, 9.17) is 13.8 Å². The molecule has 0 rings (SSSR count). The summed E-state index contributed by atoms with van der Waals surface area (Å²) < 4.78 is 26.9. The third-order valence-electron chi connectivity index (χ3n) is 10.8. The first kappa shape index (κ1) is 61.9. The number of phosphoric acid groups is 1. The van der Waals surface area contributed by atoms with Gasteiger partial charge in [0, 0.05) is 12.8 Å². The molecule has 0 bridgehead atoms. The van der Waals surface area contributed by atoms with Crippen LogP contribution >= 0.6 is 7.82 Å². The second-order valence-electron chi connectivity index (χ2n) is 17.0. The van der Waals surface area contributed by atoms with E-state index in [0.29, 0.717) is 12.8 Å². The molecule has 0 fully saturated rings. The van der Waals surface area contributed by atoms with Crippen LogP contribution < -0.4 is 5.32 Å². The van der Waals surface area contributed by atoms with Crippen LogP contribution in [0.25, 0.3) is 0 Å².